The van der Waals surface area contributed by atoms with Crippen molar-refractivity contribution in [3.8, 4) is 0 Å². The molecular weight excluding hydrogens is 234 g/mol. The maximum Gasteiger partial charge on any atom is 0.0702 e. The number of hydrogen-bond acceptors (Lipinski definition) is 2. The monoisotopic (exact) mass is 253 g/mol. The SMILES string of the molecule is CN(CC1CCCC1)c1ccc(Cl)cc1CO. The average Bonchev–Trinajstić information content (AvgIpc) is 2.81. The summed E-state index contributed by atoms with van der Waals surface area (Å²) in [7, 11) is 2.10. The van der Waals surface area contributed by atoms with E-state index in [1.165, 1.54) is 25.7 Å². The molecule has 0 amide bonds. The predicted molar refractivity (Wildman–Crippen MR) is 72.6 cm³/mol. The smallest absolute Gasteiger partial charge is 0.0702 e. The van der Waals surface area contributed by atoms with Crippen molar-refractivity contribution in [3.63, 3.8) is 0 Å². The van der Waals surface area contributed by atoms with Crippen LogP contribution in [0.3, 0.4) is 0 Å². The molecule has 0 unspecified atom stereocenters. The molecule has 17 heavy (non-hydrogen) atoms. The molecule has 2 nitrogen and oxygen atoms in total. The van der Waals surface area contributed by atoms with Gasteiger partial charge in [-0.2, -0.15) is 0 Å². The second-order valence-electron chi connectivity index (χ2n) is 4.96. The molecule has 0 heterocycles. The number of hydrogen-bond donors (Lipinski definition) is 1. The topological polar surface area (TPSA) is 23.5 Å². The van der Waals surface area contributed by atoms with E-state index in [0.29, 0.717) is 5.02 Å². The van der Waals surface area contributed by atoms with Crippen LogP contribution in [0.25, 0.3) is 0 Å². The average molecular weight is 254 g/mol. The summed E-state index contributed by atoms with van der Waals surface area (Å²) in [5.74, 6) is 0.808. The Balaban J connectivity index is 2.09. The first kappa shape index (κ1) is 12.7. The molecule has 0 atom stereocenters. The highest BCUT2D eigenvalue weighted by atomic mass is 35.5. The third-order valence-electron chi connectivity index (χ3n) is 3.63. The fourth-order valence-corrected chi connectivity index (χ4v) is 2.93. The Labute approximate surface area is 108 Å². The van der Waals surface area contributed by atoms with E-state index in [9.17, 15) is 5.11 Å². The van der Waals surface area contributed by atoms with Crippen LogP contribution in [-0.2, 0) is 6.61 Å². The van der Waals surface area contributed by atoms with Gasteiger partial charge >= 0.3 is 0 Å². The molecule has 2 rings (SSSR count). The van der Waals surface area contributed by atoms with Crippen molar-refractivity contribution in [2.75, 3.05) is 18.5 Å². The molecule has 94 valence electrons. The Morgan fingerprint density at radius 3 is 2.71 bits per heavy atom. The third-order valence-corrected chi connectivity index (χ3v) is 3.87. The van der Waals surface area contributed by atoms with Gasteiger partial charge in [0.1, 0.15) is 0 Å². The summed E-state index contributed by atoms with van der Waals surface area (Å²) in [5, 5.41) is 10.1. The zero-order valence-electron chi connectivity index (χ0n) is 10.3. The number of nitrogens with zero attached hydrogens (tertiary/aromatic N) is 1. The summed E-state index contributed by atoms with van der Waals surface area (Å²) in [5.41, 5.74) is 2.02. The molecule has 0 aliphatic heterocycles. The molecule has 1 fully saturated rings. The van der Waals surface area contributed by atoms with Crippen LogP contribution in [0.1, 0.15) is 31.2 Å². The van der Waals surface area contributed by atoms with Gasteiger partial charge in [0, 0.05) is 29.9 Å². The Hall–Kier alpha value is -0.730. The van der Waals surface area contributed by atoms with Crippen LogP contribution in [0.5, 0.6) is 0 Å². The third kappa shape index (κ3) is 3.14. The molecule has 1 aromatic rings. The maximum atomic E-state index is 9.37. The van der Waals surface area contributed by atoms with Crippen LogP contribution < -0.4 is 4.90 Å². The molecule has 0 spiro atoms. The molecule has 1 saturated carbocycles. The van der Waals surface area contributed by atoms with Crippen LogP contribution in [0.4, 0.5) is 5.69 Å². The van der Waals surface area contributed by atoms with Crippen molar-refractivity contribution in [1.29, 1.82) is 0 Å². The molecule has 0 radical (unpaired) electrons. The first-order chi connectivity index (χ1) is 8.20. The maximum absolute atomic E-state index is 9.37. The Bertz CT molecular complexity index is 374. The minimum absolute atomic E-state index is 0.0465. The summed E-state index contributed by atoms with van der Waals surface area (Å²) in [6, 6.07) is 5.74. The Morgan fingerprint density at radius 2 is 2.06 bits per heavy atom. The quantitative estimate of drug-likeness (QED) is 0.888. The Morgan fingerprint density at radius 1 is 1.35 bits per heavy atom. The van der Waals surface area contributed by atoms with Crippen molar-refractivity contribution >= 4 is 17.3 Å². The summed E-state index contributed by atoms with van der Waals surface area (Å²) < 4.78 is 0. The van der Waals surface area contributed by atoms with E-state index in [0.717, 1.165) is 23.7 Å². The first-order valence-corrected chi connectivity index (χ1v) is 6.69. The van der Waals surface area contributed by atoms with Gasteiger partial charge in [-0.05, 0) is 37.0 Å². The van der Waals surface area contributed by atoms with Crippen molar-refractivity contribution in [3.05, 3.63) is 28.8 Å². The Kier molecular flexibility index (Phi) is 4.30. The van der Waals surface area contributed by atoms with Crippen LogP contribution in [0, 0.1) is 5.92 Å². The van der Waals surface area contributed by atoms with Crippen LogP contribution in [0.15, 0.2) is 18.2 Å². The number of aliphatic hydroxyl groups is 1. The van der Waals surface area contributed by atoms with Gasteiger partial charge in [0.2, 0.25) is 0 Å². The van der Waals surface area contributed by atoms with E-state index in [1.54, 1.807) is 0 Å². The lowest BCUT2D eigenvalue weighted by molar-refractivity contribution is 0.282. The molecule has 1 aliphatic carbocycles. The van der Waals surface area contributed by atoms with Gasteiger partial charge in [-0.1, -0.05) is 24.4 Å². The van der Waals surface area contributed by atoms with Gasteiger partial charge in [-0.15, -0.1) is 0 Å². The van der Waals surface area contributed by atoms with Crippen molar-refractivity contribution < 1.29 is 5.11 Å². The summed E-state index contributed by atoms with van der Waals surface area (Å²) in [4.78, 5) is 2.25. The van der Waals surface area contributed by atoms with Gasteiger partial charge in [-0.25, -0.2) is 0 Å². The fourth-order valence-electron chi connectivity index (χ4n) is 2.73. The number of aliphatic hydroxyl groups excluding tert-OH is 1. The normalized spacial score (nSPS) is 16.4. The number of rotatable bonds is 4. The lowest BCUT2D eigenvalue weighted by Crippen LogP contribution is -2.25. The van der Waals surface area contributed by atoms with Gasteiger partial charge in [0.05, 0.1) is 6.61 Å². The highest BCUT2D eigenvalue weighted by Crippen LogP contribution is 2.29. The van der Waals surface area contributed by atoms with Crippen molar-refractivity contribution in [2.24, 2.45) is 5.92 Å². The van der Waals surface area contributed by atoms with Crippen LogP contribution >= 0.6 is 11.6 Å². The number of benzene rings is 1. The van der Waals surface area contributed by atoms with Crippen LogP contribution in [0.2, 0.25) is 5.02 Å². The highest BCUT2D eigenvalue weighted by Gasteiger charge is 2.18. The molecule has 0 bridgehead atoms. The number of anilines is 1. The van der Waals surface area contributed by atoms with Crippen molar-refractivity contribution in [1.82, 2.24) is 0 Å². The zero-order chi connectivity index (χ0) is 12.3. The van der Waals surface area contributed by atoms with Gasteiger partial charge in [-0.3, -0.25) is 0 Å². The highest BCUT2D eigenvalue weighted by molar-refractivity contribution is 6.30. The fraction of sp³-hybridized carbons (Fsp3) is 0.571. The largest absolute Gasteiger partial charge is 0.392 e. The lowest BCUT2D eigenvalue weighted by atomic mass is 10.1. The molecule has 1 aromatic carbocycles. The molecule has 0 aromatic heterocycles. The van der Waals surface area contributed by atoms with E-state index in [2.05, 4.69) is 11.9 Å². The number of halogens is 1. The van der Waals surface area contributed by atoms with E-state index in [4.69, 9.17) is 11.6 Å². The molecule has 1 aliphatic rings. The molecule has 3 heteroatoms. The summed E-state index contributed by atoms with van der Waals surface area (Å²) in [6.45, 7) is 1.12. The van der Waals surface area contributed by atoms with E-state index in [-0.39, 0.29) is 6.61 Å². The summed E-state index contributed by atoms with van der Waals surface area (Å²) >= 11 is 5.94. The van der Waals surface area contributed by atoms with E-state index in [1.807, 2.05) is 18.2 Å². The van der Waals surface area contributed by atoms with E-state index >= 15 is 0 Å². The molecular formula is C14H20ClNO. The summed E-state index contributed by atoms with van der Waals surface area (Å²) in [6.07, 6.45) is 5.41. The molecule has 0 saturated heterocycles. The van der Waals surface area contributed by atoms with Gasteiger partial charge in [0.25, 0.3) is 0 Å². The van der Waals surface area contributed by atoms with Crippen LogP contribution in [-0.4, -0.2) is 18.7 Å². The standard InChI is InChI=1S/C14H20ClNO/c1-16(9-11-4-2-3-5-11)14-7-6-13(15)8-12(14)10-17/h6-8,11,17H,2-5,9-10H2,1H3. The zero-order valence-corrected chi connectivity index (χ0v) is 11.1. The second-order valence-corrected chi connectivity index (χ2v) is 5.40. The minimum atomic E-state index is 0.0465. The second kappa shape index (κ2) is 5.74. The van der Waals surface area contributed by atoms with E-state index < -0.39 is 0 Å². The molecule has 1 N–H and O–H groups in total. The van der Waals surface area contributed by atoms with Gasteiger partial charge < -0.3 is 10.0 Å². The van der Waals surface area contributed by atoms with Crippen molar-refractivity contribution in [2.45, 2.75) is 32.3 Å². The minimum Gasteiger partial charge on any atom is -0.392 e. The predicted octanol–water partition coefficient (Wildman–Crippen LogP) is 3.46. The van der Waals surface area contributed by atoms with Gasteiger partial charge in [0.15, 0.2) is 0 Å². The lowest BCUT2D eigenvalue weighted by Gasteiger charge is -2.25. The first-order valence-electron chi connectivity index (χ1n) is 6.31.